The van der Waals surface area contributed by atoms with Gasteiger partial charge in [-0.3, -0.25) is 4.79 Å². The zero-order chi connectivity index (χ0) is 17.6. The molecule has 0 unspecified atom stereocenters. The molecule has 0 spiro atoms. The maximum atomic E-state index is 11.9. The first kappa shape index (κ1) is 17.0. The number of nitrogens with one attached hydrogen (secondary N) is 1. The Balaban J connectivity index is 1.55. The summed E-state index contributed by atoms with van der Waals surface area (Å²) >= 11 is 1.38. The van der Waals surface area contributed by atoms with Gasteiger partial charge in [0.1, 0.15) is 5.75 Å². The van der Waals surface area contributed by atoms with Gasteiger partial charge in [-0.15, -0.1) is 0 Å². The Morgan fingerprint density at radius 2 is 2.16 bits per heavy atom. The van der Waals surface area contributed by atoms with Crippen LogP contribution in [0, 0.1) is 0 Å². The topological polar surface area (TPSA) is 68.5 Å². The smallest absolute Gasteiger partial charge is 0.250 e. The van der Waals surface area contributed by atoms with E-state index < -0.39 is 0 Å². The molecule has 0 fully saturated rings. The fourth-order valence-electron chi connectivity index (χ4n) is 2.32. The molecule has 1 heterocycles. The Hall–Kier alpha value is -2.80. The van der Waals surface area contributed by atoms with Crippen LogP contribution in [-0.2, 0) is 11.8 Å². The van der Waals surface area contributed by atoms with E-state index in [9.17, 15) is 4.79 Å². The molecule has 1 aromatic heterocycles. The van der Waals surface area contributed by atoms with Gasteiger partial charge >= 0.3 is 0 Å². The first-order valence-electron chi connectivity index (χ1n) is 7.67. The Bertz CT molecular complexity index is 920. The molecule has 0 aliphatic rings. The second-order valence-electron chi connectivity index (χ2n) is 5.30. The molecule has 0 aliphatic heterocycles. The molecule has 0 saturated heterocycles. The predicted molar refractivity (Wildman–Crippen MR) is 100 cm³/mol. The van der Waals surface area contributed by atoms with Gasteiger partial charge in [0.15, 0.2) is 5.16 Å². The summed E-state index contributed by atoms with van der Waals surface area (Å²) in [6.45, 7) is 0. The second-order valence-corrected chi connectivity index (χ2v) is 6.24. The molecule has 7 heteroatoms. The highest BCUT2D eigenvalue weighted by atomic mass is 32.2. The van der Waals surface area contributed by atoms with Crippen LogP contribution in [0.5, 0.6) is 5.75 Å². The van der Waals surface area contributed by atoms with Gasteiger partial charge in [-0.25, -0.2) is 10.4 Å². The third kappa shape index (κ3) is 4.19. The molecule has 25 heavy (non-hydrogen) atoms. The number of fused-ring (bicyclic) bond motifs is 1. The zero-order valence-electron chi connectivity index (χ0n) is 14.0. The molecule has 3 aromatic rings. The van der Waals surface area contributed by atoms with Crippen molar-refractivity contribution in [3.8, 4) is 5.75 Å². The molecule has 3 rings (SSSR count). The minimum Gasteiger partial charge on any atom is -0.497 e. The molecule has 6 nitrogen and oxygen atoms in total. The number of thioether (sulfide) groups is 1. The normalized spacial score (nSPS) is 11.1. The molecule has 0 bridgehead atoms. The molecule has 128 valence electrons. The molecule has 0 aliphatic carbocycles. The number of hydrogen-bond acceptors (Lipinski definition) is 5. The summed E-state index contributed by atoms with van der Waals surface area (Å²) < 4.78 is 7.12. The number of carbonyl (C=O) groups is 1. The van der Waals surface area contributed by atoms with Gasteiger partial charge in [-0.05, 0) is 29.8 Å². The van der Waals surface area contributed by atoms with Gasteiger partial charge in [0.25, 0.3) is 5.91 Å². The number of hydrazone groups is 1. The average molecular weight is 354 g/mol. The quantitative estimate of drug-likeness (QED) is 0.420. The maximum Gasteiger partial charge on any atom is 0.250 e. The first-order valence-corrected chi connectivity index (χ1v) is 8.66. The Morgan fingerprint density at radius 3 is 2.96 bits per heavy atom. The zero-order valence-corrected chi connectivity index (χ0v) is 14.8. The fraction of sp³-hybridized carbons (Fsp3) is 0.167. The van der Waals surface area contributed by atoms with Gasteiger partial charge in [-0.1, -0.05) is 36.0 Å². The number of methoxy groups -OCH3 is 1. The lowest BCUT2D eigenvalue weighted by Gasteiger charge is -2.02. The van der Waals surface area contributed by atoms with Crippen molar-refractivity contribution in [2.45, 2.75) is 5.16 Å². The van der Waals surface area contributed by atoms with Crippen LogP contribution < -0.4 is 10.2 Å². The number of benzene rings is 2. The van der Waals surface area contributed by atoms with Crippen LogP contribution in [0.2, 0.25) is 0 Å². The molecular weight excluding hydrogens is 336 g/mol. The third-order valence-electron chi connectivity index (χ3n) is 3.58. The number of imidazole rings is 1. The number of para-hydroxylation sites is 2. The summed E-state index contributed by atoms with van der Waals surface area (Å²) in [5.74, 6) is 0.802. The van der Waals surface area contributed by atoms with E-state index in [1.807, 2.05) is 60.1 Å². The summed E-state index contributed by atoms with van der Waals surface area (Å²) in [4.78, 5) is 16.5. The van der Waals surface area contributed by atoms with Crippen LogP contribution in [0.1, 0.15) is 5.56 Å². The van der Waals surface area contributed by atoms with E-state index in [0.29, 0.717) is 0 Å². The Labute approximate surface area is 149 Å². The number of aryl methyl sites for hydroxylation is 1. The van der Waals surface area contributed by atoms with Crippen LogP contribution in [0.15, 0.2) is 58.8 Å². The van der Waals surface area contributed by atoms with Crippen molar-refractivity contribution in [1.29, 1.82) is 0 Å². The monoisotopic (exact) mass is 354 g/mol. The number of carbonyl (C=O) groups excluding carboxylic acids is 1. The summed E-state index contributed by atoms with van der Waals surface area (Å²) in [7, 11) is 3.55. The van der Waals surface area contributed by atoms with Gasteiger partial charge in [-0.2, -0.15) is 5.10 Å². The van der Waals surface area contributed by atoms with Crippen LogP contribution in [0.25, 0.3) is 11.0 Å². The van der Waals surface area contributed by atoms with E-state index in [1.165, 1.54) is 11.8 Å². The van der Waals surface area contributed by atoms with Crippen molar-refractivity contribution in [3.05, 3.63) is 54.1 Å². The maximum absolute atomic E-state index is 11.9. The lowest BCUT2D eigenvalue weighted by molar-refractivity contribution is -0.118. The highest BCUT2D eigenvalue weighted by Crippen LogP contribution is 2.22. The number of nitrogens with zero attached hydrogens (tertiary/aromatic N) is 3. The first-order chi connectivity index (χ1) is 12.2. The molecule has 0 saturated carbocycles. The van der Waals surface area contributed by atoms with Crippen molar-refractivity contribution in [2.24, 2.45) is 12.1 Å². The highest BCUT2D eigenvalue weighted by Gasteiger charge is 2.09. The molecule has 2 aromatic carbocycles. The molecule has 0 radical (unpaired) electrons. The number of hydrogen-bond donors (Lipinski definition) is 1. The fourth-order valence-corrected chi connectivity index (χ4v) is 3.10. The number of aromatic nitrogens is 2. The minimum absolute atomic E-state index is 0.184. The Kier molecular flexibility index (Phi) is 5.35. The lowest BCUT2D eigenvalue weighted by atomic mass is 10.2. The van der Waals surface area contributed by atoms with Crippen LogP contribution in [0.3, 0.4) is 0 Å². The minimum atomic E-state index is -0.184. The largest absolute Gasteiger partial charge is 0.497 e. The predicted octanol–water partition coefficient (Wildman–Crippen LogP) is 2.82. The van der Waals surface area contributed by atoms with Crippen molar-refractivity contribution >= 4 is 34.9 Å². The highest BCUT2D eigenvalue weighted by molar-refractivity contribution is 7.99. The van der Waals surface area contributed by atoms with E-state index >= 15 is 0 Å². The van der Waals surface area contributed by atoms with E-state index in [1.54, 1.807) is 13.3 Å². The van der Waals surface area contributed by atoms with E-state index in [-0.39, 0.29) is 11.7 Å². The summed E-state index contributed by atoms with van der Waals surface area (Å²) in [6, 6.07) is 15.3. The summed E-state index contributed by atoms with van der Waals surface area (Å²) in [6.07, 6.45) is 1.58. The molecule has 0 atom stereocenters. The van der Waals surface area contributed by atoms with Crippen molar-refractivity contribution in [1.82, 2.24) is 15.0 Å². The average Bonchev–Trinajstić information content (AvgIpc) is 2.96. The number of rotatable bonds is 6. The lowest BCUT2D eigenvalue weighted by Crippen LogP contribution is -2.19. The van der Waals surface area contributed by atoms with Gasteiger partial charge in [0, 0.05) is 7.05 Å². The second kappa shape index (κ2) is 7.85. The number of ether oxygens (including phenoxy) is 1. The Morgan fingerprint density at radius 1 is 1.32 bits per heavy atom. The van der Waals surface area contributed by atoms with E-state index in [0.717, 1.165) is 27.5 Å². The van der Waals surface area contributed by atoms with Crippen molar-refractivity contribution < 1.29 is 9.53 Å². The van der Waals surface area contributed by atoms with Gasteiger partial charge in [0.2, 0.25) is 0 Å². The molecular formula is C18H18N4O2S. The standard InChI is InChI=1S/C18H18N4O2S/c1-22-16-9-4-3-8-15(16)20-18(22)25-12-17(23)21-19-11-13-6-5-7-14(10-13)24-2/h3-11H,12H2,1-2H3,(H,21,23). The van der Waals surface area contributed by atoms with E-state index in [2.05, 4.69) is 15.5 Å². The van der Waals surface area contributed by atoms with Gasteiger partial charge < -0.3 is 9.30 Å². The van der Waals surface area contributed by atoms with Gasteiger partial charge in [0.05, 0.1) is 30.1 Å². The SMILES string of the molecule is COc1cccc(C=NNC(=O)CSc2nc3ccccc3n2C)c1. The molecule has 1 amide bonds. The summed E-state index contributed by atoms with van der Waals surface area (Å²) in [5, 5.41) is 4.77. The van der Waals surface area contributed by atoms with Crippen LogP contribution >= 0.6 is 11.8 Å². The third-order valence-corrected chi connectivity index (χ3v) is 4.61. The van der Waals surface area contributed by atoms with E-state index in [4.69, 9.17) is 4.74 Å². The number of amides is 1. The van der Waals surface area contributed by atoms with Crippen molar-refractivity contribution in [2.75, 3.05) is 12.9 Å². The van der Waals surface area contributed by atoms with Crippen LogP contribution in [0.4, 0.5) is 0 Å². The summed E-state index contributed by atoms with van der Waals surface area (Å²) in [5.41, 5.74) is 5.34. The van der Waals surface area contributed by atoms with Crippen LogP contribution in [-0.4, -0.2) is 34.5 Å². The molecule has 1 N–H and O–H groups in total. The van der Waals surface area contributed by atoms with Crippen molar-refractivity contribution in [3.63, 3.8) is 0 Å².